The van der Waals surface area contributed by atoms with Gasteiger partial charge in [0.1, 0.15) is 0 Å². The molecular weight excluding hydrogens is 168 g/mol. The van der Waals surface area contributed by atoms with Crippen molar-refractivity contribution in [3.63, 3.8) is 0 Å². The average molecular weight is 175 g/mol. The Labute approximate surface area is 77.6 Å². The number of terminal acetylenes is 2. The van der Waals surface area contributed by atoms with E-state index in [1.807, 2.05) is 13.0 Å². The summed E-state index contributed by atoms with van der Waals surface area (Å²) in [6, 6.07) is 3.66. The van der Waals surface area contributed by atoms with E-state index in [1.165, 1.54) is 0 Å². The summed E-state index contributed by atoms with van der Waals surface area (Å²) < 4.78 is 0. The van der Waals surface area contributed by atoms with Crippen LogP contribution in [0.3, 0.4) is 0 Å². The molecule has 1 aromatic carbocycles. The fourth-order valence-electron chi connectivity index (χ4n) is 0.942. The highest BCUT2D eigenvalue weighted by Gasteiger charge is 2.04. The third-order valence-corrected chi connectivity index (χ3v) is 2.12. The van der Waals surface area contributed by atoms with Crippen molar-refractivity contribution in [3.8, 4) is 24.7 Å². The fraction of sp³-hybridized carbons (Fsp3) is 0.0909. The topological polar surface area (TPSA) is 0 Å². The Morgan fingerprint density at radius 1 is 1.25 bits per heavy atom. The van der Waals surface area contributed by atoms with Crippen LogP contribution in [-0.2, 0) is 0 Å². The van der Waals surface area contributed by atoms with E-state index < -0.39 is 0 Å². The molecular formula is C11H7Cl. The van der Waals surface area contributed by atoms with Crippen molar-refractivity contribution < 1.29 is 0 Å². The first-order valence-electron chi connectivity index (χ1n) is 3.43. The van der Waals surface area contributed by atoms with Crippen molar-refractivity contribution >= 4 is 11.6 Å². The van der Waals surface area contributed by atoms with Gasteiger partial charge in [-0.2, -0.15) is 0 Å². The van der Waals surface area contributed by atoms with Gasteiger partial charge in [-0.05, 0) is 18.6 Å². The molecule has 0 N–H and O–H groups in total. The zero-order chi connectivity index (χ0) is 9.14. The van der Waals surface area contributed by atoms with Crippen LogP contribution in [0.15, 0.2) is 12.1 Å². The van der Waals surface area contributed by atoms with E-state index in [0.29, 0.717) is 16.1 Å². The van der Waals surface area contributed by atoms with Gasteiger partial charge in [0.25, 0.3) is 0 Å². The Balaban J connectivity index is 3.52. The molecule has 0 saturated heterocycles. The summed E-state index contributed by atoms with van der Waals surface area (Å²) in [5.41, 5.74) is 2.23. The first kappa shape index (κ1) is 8.72. The second kappa shape index (κ2) is 3.35. The van der Waals surface area contributed by atoms with Gasteiger partial charge in [0.05, 0.1) is 10.6 Å². The van der Waals surface area contributed by atoms with E-state index >= 15 is 0 Å². The molecule has 0 aliphatic carbocycles. The van der Waals surface area contributed by atoms with E-state index in [2.05, 4.69) is 11.8 Å². The van der Waals surface area contributed by atoms with Gasteiger partial charge in [0.2, 0.25) is 0 Å². The molecule has 12 heavy (non-hydrogen) atoms. The standard InChI is InChI=1S/C11H7Cl/c1-4-9-7-6-8(3)11(12)10(9)5-2/h1-2,6-7H,3H3. The van der Waals surface area contributed by atoms with E-state index in [-0.39, 0.29) is 0 Å². The first-order chi connectivity index (χ1) is 5.70. The number of hydrogen-bond acceptors (Lipinski definition) is 0. The molecule has 0 unspecified atom stereocenters. The number of halogens is 1. The van der Waals surface area contributed by atoms with Crippen LogP contribution in [0.5, 0.6) is 0 Å². The van der Waals surface area contributed by atoms with Crippen molar-refractivity contribution in [1.29, 1.82) is 0 Å². The normalized spacial score (nSPS) is 8.67. The van der Waals surface area contributed by atoms with Crippen molar-refractivity contribution in [2.45, 2.75) is 6.92 Å². The summed E-state index contributed by atoms with van der Waals surface area (Å²) in [5.74, 6) is 4.97. The predicted octanol–water partition coefficient (Wildman–Crippen LogP) is 2.61. The van der Waals surface area contributed by atoms with Gasteiger partial charge in [-0.1, -0.05) is 29.5 Å². The van der Waals surface area contributed by atoms with Gasteiger partial charge >= 0.3 is 0 Å². The fourth-order valence-corrected chi connectivity index (χ4v) is 1.16. The minimum atomic E-state index is 0.577. The van der Waals surface area contributed by atoms with Crippen molar-refractivity contribution in [1.82, 2.24) is 0 Å². The molecule has 1 heteroatoms. The first-order valence-corrected chi connectivity index (χ1v) is 3.80. The Morgan fingerprint density at radius 3 is 2.42 bits per heavy atom. The number of aryl methyl sites for hydroxylation is 1. The minimum Gasteiger partial charge on any atom is -0.115 e. The van der Waals surface area contributed by atoms with Crippen LogP contribution in [-0.4, -0.2) is 0 Å². The smallest absolute Gasteiger partial charge is 0.0604 e. The summed E-state index contributed by atoms with van der Waals surface area (Å²) >= 11 is 5.94. The van der Waals surface area contributed by atoms with Crippen molar-refractivity contribution in [2.75, 3.05) is 0 Å². The molecule has 0 fully saturated rings. The second-order valence-corrected chi connectivity index (χ2v) is 2.79. The monoisotopic (exact) mass is 174 g/mol. The molecule has 0 radical (unpaired) electrons. The highest BCUT2D eigenvalue weighted by molar-refractivity contribution is 6.32. The maximum atomic E-state index is 5.94. The average Bonchev–Trinajstić information content (AvgIpc) is 2.09. The lowest BCUT2D eigenvalue weighted by atomic mass is 10.1. The third kappa shape index (κ3) is 1.30. The zero-order valence-corrected chi connectivity index (χ0v) is 7.44. The van der Waals surface area contributed by atoms with Crippen molar-refractivity contribution in [2.24, 2.45) is 0 Å². The molecule has 0 spiro atoms. The van der Waals surface area contributed by atoms with Gasteiger partial charge in [-0.15, -0.1) is 12.8 Å². The van der Waals surface area contributed by atoms with Crippen molar-refractivity contribution in [3.05, 3.63) is 33.8 Å². The SMILES string of the molecule is C#Cc1ccc(C)c(Cl)c1C#C. The Bertz CT molecular complexity index is 389. The van der Waals surface area contributed by atoms with Crippen LogP contribution >= 0.6 is 11.6 Å². The number of rotatable bonds is 0. The number of hydrogen-bond donors (Lipinski definition) is 0. The second-order valence-electron chi connectivity index (χ2n) is 2.41. The van der Waals surface area contributed by atoms with E-state index in [4.69, 9.17) is 24.4 Å². The highest BCUT2D eigenvalue weighted by Crippen LogP contribution is 2.22. The molecule has 0 amide bonds. The summed E-state index contributed by atoms with van der Waals surface area (Å²) in [6.45, 7) is 1.89. The van der Waals surface area contributed by atoms with Crippen LogP contribution in [0.1, 0.15) is 16.7 Å². The lowest BCUT2D eigenvalue weighted by Crippen LogP contribution is -1.87. The Hall–Kier alpha value is -1.37. The van der Waals surface area contributed by atoms with Crippen LogP contribution < -0.4 is 0 Å². The molecule has 0 aliphatic heterocycles. The van der Waals surface area contributed by atoms with Gasteiger partial charge in [-0.25, -0.2) is 0 Å². The van der Waals surface area contributed by atoms with E-state index in [1.54, 1.807) is 6.07 Å². The molecule has 0 atom stereocenters. The molecule has 0 nitrogen and oxygen atoms in total. The summed E-state index contributed by atoms with van der Waals surface area (Å²) in [5, 5.41) is 0.577. The lowest BCUT2D eigenvalue weighted by Gasteiger charge is -2.02. The molecule has 0 saturated carbocycles. The highest BCUT2D eigenvalue weighted by atomic mass is 35.5. The largest absolute Gasteiger partial charge is 0.115 e. The van der Waals surface area contributed by atoms with Crippen LogP contribution in [0.25, 0.3) is 0 Å². The molecule has 0 aromatic heterocycles. The number of benzene rings is 1. The quantitative estimate of drug-likeness (QED) is 0.531. The summed E-state index contributed by atoms with van der Waals surface area (Å²) in [7, 11) is 0. The molecule has 0 bridgehead atoms. The van der Waals surface area contributed by atoms with Crippen LogP contribution in [0.2, 0.25) is 5.02 Å². The van der Waals surface area contributed by atoms with Gasteiger partial charge in [-0.3, -0.25) is 0 Å². The van der Waals surface area contributed by atoms with Crippen LogP contribution in [0.4, 0.5) is 0 Å². The van der Waals surface area contributed by atoms with E-state index in [0.717, 1.165) is 5.56 Å². The minimum absolute atomic E-state index is 0.577. The Kier molecular flexibility index (Phi) is 2.44. The molecule has 58 valence electrons. The Morgan fingerprint density at radius 2 is 1.92 bits per heavy atom. The van der Waals surface area contributed by atoms with Gasteiger partial charge < -0.3 is 0 Å². The van der Waals surface area contributed by atoms with Gasteiger partial charge in [0, 0.05) is 5.56 Å². The van der Waals surface area contributed by atoms with Crippen LogP contribution in [0, 0.1) is 31.6 Å². The molecule has 1 aromatic rings. The van der Waals surface area contributed by atoms with Gasteiger partial charge in [0.15, 0.2) is 0 Å². The van der Waals surface area contributed by atoms with E-state index in [9.17, 15) is 0 Å². The predicted molar refractivity (Wildman–Crippen MR) is 52.1 cm³/mol. The maximum Gasteiger partial charge on any atom is 0.0604 e. The molecule has 0 aliphatic rings. The lowest BCUT2D eigenvalue weighted by molar-refractivity contribution is 1.44. The maximum absolute atomic E-state index is 5.94. The molecule has 1 rings (SSSR count). The third-order valence-electron chi connectivity index (χ3n) is 1.63. The molecule has 0 heterocycles. The zero-order valence-electron chi connectivity index (χ0n) is 6.69. The summed E-state index contributed by atoms with van der Waals surface area (Å²) in [4.78, 5) is 0. The summed E-state index contributed by atoms with van der Waals surface area (Å²) in [6.07, 6.45) is 10.5.